The Bertz CT molecular complexity index is 1680. The molecule has 1 spiro atoms. The Hall–Kier alpha value is -3.69. The van der Waals surface area contributed by atoms with E-state index in [0.717, 1.165) is 64.2 Å². The van der Waals surface area contributed by atoms with Crippen LogP contribution in [0.5, 0.6) is 11.5 Å². The Morgan fingerprint density at radius 3 is 2.65 bits per heavy atom. The van der Waals surface area contributed by atoms with E-state index in [0.29, 0.717) is 35.9 Å². The maximum atomic E-state index is 14.3. The van der Waals surface area contributed by atoms with Crippen LogP contribution in [-0.4, -0.2) is 100 Å². The van der Waals surface area contributed by atoms with Crippen molar-refractivity contribution >= 4 is 23.7 Å². The molecule has 5 heterocycles. The Labute approximate surface area is 287 Å². The first-order valence-electron chi connectivity index (χ1n) is 17.1. The van der Waals surface area contributed by atoms with E-state index >= 15 is 0 Å². The number of nitrogens with zero attached hydrogens (tertiary/aromatic N) is 6. The first-order chi connectivity index (χ1) is 23.3. The van der Waals surface area contributed by atoms with Gasteiger partial charge in [-0.3, -0.25) is 9.69 Å². The van der Waals surface area contributed by atoms with Crippen LogP contribution in [0.3, 0.4) is 0 Å². The molecule has 4 aliphatic rings. The van der Waals surface area contributed by atoms with Gasteiger partial charge in [-0.1, -0.05) is 11.8 Å². The number of nitrogens with one attached hydrogen (secondary N) is 1. The van der Waals surface area contributed by atoms with Gasteiger partial charge in [0.05, 0.1) is 18.3 Å². The number of halogens is 1. The minimum Gasteiger partial charge on any atom is -0.451 e. The van der Waals surface area contributed by atoms with Gasteiger partial charge < -0.3 is 19.9 Å². The maximum Gasteiger partial charge on any atom is 0.257 e. The summed E-state index contributed by atoms with van der Waals surface area (Å²) in [5, 5.41) is 3.56. The van der Waals surface area contributed by atoms with Gasteiger partial charge in [-0.05, 0) is 108 Å². The zero-order valence-corrected chi connectivity index (χ0v) is 28.8. The summed E-state index contributed by atoms with van der Waals surface area (Å²) >= 11 is 1.87. The number of fused-ring (bicyclic) bond motifs is 2. The molecule has 3 aromatic rings. The van der Waals surface area contributed by atoms with Gasteiger partial charge in [-0.15, -0.1) is 0 Å². The molecule has 0 radical (unpaired) electrons. The Kier molecular flexibility index (Phi) is 9.61. The van der Waals surface area contributed by atoms with Crippen LogP contribution in [0.4, 0.5) is 10.2 Å². The third-order valence-electron chi connectivity index (χ3n) is 10.2. The molecule has 4 fully saturated rings. The average Bonchev–Trinajstić information content (AvgIpc) is 3.70. The van der Waals surface area contributed by atoms with Gasteiger partial charge >= 0.3 is 0 Å². The summed E-state index contributed by atoms with van der Waals surface area (Å²) in [7, 11) is 0. The van der Waals surface area contributed by atoms with Gasteiger partial charge in [0, 0.05) is 66.7 Å². The highest BCUT2D eigenvalue weighted by atomic mass is 32.2. The number of hydrogen-bond donors (Lipinski definition) is 1. The van der Waals surface area contributed by atoms with E-state index in [9.17, 15) is 9.18 Å². The van der Waals surface area contributed by atoms with Crippen LogP contribution in [0.15, 0.2) is 59.9 Å². The topological polar surface area (TPSA) is 77.1 Å². The van der Waals surface area contributed by atoms with E-state index in [1.54, 1.807) is 11.1 Å². The van der Waals surface area contributed by atoms with E-state index in [4.69, 9.17) is 4.74 Å². The summed E-state index contributed by atoms with van der Waals surface area (Å²) in [5.41, 5.74) is 1.49. The normalized spacial score (nSPS) is 21.6. The molecular formula is C37H44FN7O2S. The lowest BCUT2D eigenvalue weighted by Gasteiger charge is -2.54. The van der Waals surface area contributed by atoms with E-state index in [2.05, 4.69) is 65.5 Å². The number of piperidine rings is 1. The fourth-order valence-corrected chi connectivity index (χ4v) is 8.52. The van der Waals surface area contributed by atoms with Crippen LogP contribution >= 0.6 is 11.9 Å². The molecule has 2 atom stereocenters. The second-order valence-corrected chi connectivity index (χ2v) is 14.9. The van der Waals surface area contributed by atoms with E-state index in [1.807, 2.05) is 32.7 Å². The van der Waals surface area contributed by atoms with Crippen LogP contribution in [0, 0.1) is 23.1 Å². The highest BCUT2D eigenvalue weighted by Crippen LogP contribution is 2.45. The third kappa shape index (κ3) is 7.03. The predicted octanol–water partition coefficient (Wildman–Crippen LogP) is 5.29. The van der Waals surface area contributed by atoms with Gasteiger partial charge in [-0.2, -0.15) is 0 Å². The number of piperazine rings is 1. The number of amides is 1. The van der Waals surface area contributed by atoms with Crippen molar-refractivity contribution in [2.24, 2.45) is 5.41 Å². The minimum atomic E-state index is -0.484. The van der Waals surface area contributed by atoms with Crippen molar-refractivity contribution < 1.29 is 13.9 Å². The molecule has 1 N–H and O–H groups in total. The van der Waals surface area contributed by atoms with Crippen LogP contribution in [-0.2, 0) is 0 Å². The maximum absolute atomic E-state index is 14.3. The number of rotatable bonds is 9. The van der Waals surface area contributed by atoms with Crippen molar-refractivity contribution in [3.05, 3.63) is 71.9 Å². The Morgan fingerprint density at radius 2 is 1.96 bits per heavy atom. The number of aromatic nitrogens is 2. The summed E-state index contributed by atoms with van der Waals surface area (Å²) in [6.07, 6.45) is 6.61. The van der Waals surface area contributed by atoms with Crippen molar-refractivity contribution in [3.8, 4) is 23.3 Å². The second-order valence-electron chi connectivity index (χ2n) is 13.8. The monoisotopic (exact) mass is 669 g/mol. The van der Waals surface area contributed by atoms with Crippen LogP contribution in [0.2, 0.25) is 0 Å². The molecule has 7 rings (SSSR count). The fourth-order valence-electron chi connectivity index (χ4n) is 7.43. The quantitative estimate of drug-likeness (QED) is 0.242. The van der Waals surface area contributed by atoms with Crippen molar-refractivity contribution in [1.29, 1.82) is 0 Å². The molecule has 9 nitrogen and oxygen atoms in total. The number of anilines is 1. The van der Waals surface area contributed by atoms with Crippen molar-refractivity contribution in [3.63, 3.8) is 0 Å². The lowest BCUT2D eigenvalue weighted by molar-refractivity contribution is 0.0713. The van der Waals surface area contributed by atoms with Gasteiger partial charge in [0.1, 0.15) is 17.9 Å². The molecule has 1 aromatic heterocycles. The molecule has 0 unspecified atom stereocenters. The molecule has 11 heteroatoms. The third-order valence-corrected chi connectivity index (χ3v) is 11.3. The fraction of sp³-hybridized carbons (Fsp3) is 0.486. The SMILES string of the molecule is CCN(C(=O)c1cc(F)ccc1Oc1cncnc1N1CC2(CCN(CC#Cc3ccc(SN4C[C@@H]5C[C@H]4CN5)cc3)CC2)C1)C(C)C. The molecule has 4 aliphatic heterocycles. The highest BCUT2D eigenvalue weighted by Gasteiger charge is 2.46. The predicted molar refractivity (Wildman–Crippen MR) is 187 cm³/mol. The standard InChI is InChI=1S/C37H44FN7O2S/c1-4-44(26(2)3)36(46)32-18-28(38)9-12-33(32)47-34-21-39-25-41-35(34)43-23-37(24-43)13-16-42(17-14-37)15-5-6-27-7-10-31(11-8-27)48-45-22-29-19-30(45)20-40-29/h7-12,18,21,25-26,29-30,40H,4,13-17,19-20,22-24H2,1-3H3/t29-,30-/m0/s1. The molecular weight excluding hydrogens is 626 g/mol. The molecule has 2 bridgehead atoms. The van der Waals surface area contributed by atoms with Gasteiger partial charge in [0.2, 0.25) is 0 Å². The zero-order chi connectivity index (χ0) is 33.3. The largest absolute Gasteiger partial charge is 0.451 e. The number of carbonyl (C=O) groups excluding carboxylic acids is 1. The molecule has 252 valence electrons. The number of ether oxygens (including phenoxy) is 1. The van der Waals surface area contributed by atoms with E-state index < -0.39 is 5.82 Å². The number of carbonyl (C=O) groups is 1. The Balaban J connectivity index is 0.916. The summed E-state index contributed by atoms with van der Waals surface area (Å²) in [4.78, 5) is 29.7. The first-order valence-corrected chi connectivity index (χ1v) is 17.9. The lowest BCUT2D eigenvalue weighted by atomic mass is 9.72. The lowest BCUT2D eigenvalue weighted by Crippen LogP contribution is -2.60. The van der Waals surface area contributed by atoms with Crippen LogP contribution in [0.1, 0.15) is 56.0 Å². The number of likely N-dealkylation sites (tertiary alicyclic amines) is 1. The van der Waals surface area contributed by atoms with E-state index in [-0.39, 0.29) is 22.9 Å². The molecule has 0 saturated carbocycles. The molecule has 0 aliphatic carbocycles. The van der Waals surface area contributed by atoms with Crippen molar-refractivity contribution in [2.45, 2.75) is 63.1 Å². The van der Waals surface area contributed by atoms with Crippen LogP contribution in [0.25, 0.3) is 0 Å². The smallest absolute Gasteiger partial charge is 0.257 e. The van der Waals surface area contributed by atoms with Crippen molar-refractivity contribution in [2.75, 3.05) is 57.3 Å². The summed E-state index contributed by atoms with van der Waals surface area (Å²) in [6, 6.07) is 14.0. The van der Waals surface area contributed by atoms with Gasteiger partial charge in [0.25, 0.3) is 5.91 Å². The summed E-state index contributed by atoms with van der Waals surface area (Å²) in [6.45, 7) is 13.1. The average molecular weight is 670 g/mol. The number of hydrogen-bond acceptors (Lipinski definition) is 9. The number of benzene rings is 2. The summed E-state index contributed by atoms with van der Waals surface area (Å²) < 4.78 is 23.1. The van der Waals surface area contributed by atoms with Crippen molar-refractivity contribution in [1.82, 2.24) is 29.4 Å². The summed E-state index contributed by atoms with van der Waals surface area (Å²) in [5.74, 6) is 7.46. The molecule has 1 amide bonds. The molecule has 48 heavy (non-hydrogen) atoms. The second kappa shape index (κ2) is 14.0. The van der Waals surface area contributed by atoms with E-state index in [1.165, 1.54) is 35.8 Å². The zero-order valence-electron chi connectivity index (χ0n) is 28.0. The highest BCUT2D eigenvalue weighted by molar-refractivity contribution is 7.97. The minimum absolute atomic E-state index is 0.0283. The Morgan fingerprint density at radius 1 is 1.17 bits per heavy atom. The first kappa shape index (κ1) is 32.8. The van der Waals surface area contributed by atoms with Gasteiger partial charge in [0.15, 0.2) is 11.6 Å². The van der Waals surface area contributed by atoms with Crippen LogP contribution < -0.4 is 15.0 Å². The molecule has 2 aromatic carbocycles. The van der Waals surface area contributed by atoms with Gasteiger partial charge in [-0.25, -0.2) is 18.7 Å². The molecule has 4 saturated heterocycles.